The molecule has 53 heavy (non-hydrogen) atoms. The summed E-state index contributed by atoms with van der Waals surface area (Å²) in [7, 11) is 0. The van der Waals surface area contributed by atoms with E-state index in [9.17, 15) is 33.6 Å². The summed E-state index contributed by atoms with van der Waals surface area (Å²) < 4.78 is 38.5. The minimum absolute atomic E-state index is 0.0115. The molecule has 4 N–H and O–H groups in total. The van der Waals surface area contributed by atoms with Gasteiger partial charge in [-0.05, 0) is 32.1 Å². The fourth-order valence-corrected chi connectivity index (χ4v) is 4.14. The van der Waals surface area contributed by atoms with Crippen molar-refractivity contribution in [2.45, 2.75) is 83.5 Å². The summed E-state index contributed by atoms with van der Waals surface area (Å²) in [5.74, 6) is -5.42. The molecule has 0 aliphatic rings. The third-order valence-electron chi connectivity index (χ3n) is 6.80. The summed E-state index contributed by atoms with van der Waals surface area (Å²) in [5, 5.41) is 35.0. The number of allylic oxidation sites excluding steroid dienone is 1. The van der Waals surface area contributed by atoms with Gasteiger partial charge >= 0.3 is 41.8 Å². The molecule has 0 aromatic rings. The molecule has 0 amide bonds. The molecule has 0 spiro atoms. The molecule has 0 aliphatic carbocycles. The number of esters is 3. The molecular weight excluding hydrogens is 712 g/mol. The lowest BCUT2D eigenvalue weighted by Gasteiger charge is -2.33. The molecule has 0 aliphatic heterocycles. The average Bonchev–Trinajstić information content (AvgIpc) is 3.08. The van der Waals surface area contributed by atoms with Crippen LogP contribution in [0.15, 0.2) is 12.3 Å². The van der Waals surface area contributed by atoms with Gasteiger partial charge in [0.05, 0.1) is 52.0 Å². The van der Waals surface area contributed by atoms with Crippen LogP contribution < -0.4 is 0 Å². The molecule has 19 heteroatoms. The molecule has 0 heterocycles. The summed E-state index contributed by atoms with van der Waals surface area (Å²) in [6.45, 7) is 5.37. The molecule has 0 atom stereocenters. The zero-order valence-electron chi connectivity index (χ0n) is 30.1. The van der Waals surface area contributed by atoms with Crippen LogP contribution in [-0.4, -0.2) is 135 Å². The van der Waals surface area contributed by atoms with E-state index in [0.717, 1.165) is 0 Å². The number of rotatable bonds is 35. The molecule has 0 radical (unpaired) electrons. The smallest absolute Gasteiger partial charge is 0.305 e. The first kappa shape index (κ1) is 50.5. The van der Waals surface area contributed by atoms with Crippen molar-refractivity contribution in [1.82, 2.24) is 0 Å². The predicted octanol–water partition coefficient (Wildman–Crippen LogP) is 2.41. The average molecular weight is 767 g/mol. The number of carbonyl (C=O) groups excluding carboxylic acids is 4. The fraction of sp³-hybridized carbons (Fsp3) is 0.706. The second-order valence-corrected chi connectivity index (χ2v) is 11.4. The van der Waals surface area contributed by atoms with E-state index in [1.54, 1.807) is 0 Å². The number of ether oxygens (including phenoxy) is 7. The van der Waals surface area contributed by atoms with Crippen molar-refractivity contribution in [2.24, 2.45) is 5.41 Å². The molecule has 0 aromatic carbocycles. The highest BCUT2D eigenvalue weighted by molar-refractivity contribution is 5.72. The Morgan fingerprint density at radius 3 is 1.06 bits per heavy atom. The zero-order valence-corrected chi connectivity index (χ0v) is 30.1. The Labute approximate surface area is 307 Å². The van der Waals surface area contributed by atoms with E-state index in [1.807, 2.05) is 6.79 Å². The van der Waals surface area contributed by atoms with Crippen molar-refractivity contribution in [2.75, 3.05) is 66.1 Å². The highest BCUT2D eigenvalue weighted by Crippen LogP contribution is 2.25. The van der Waals surface area contributed by atoms with Crippen molar-refractivity contribution in [3.8, 4) is 0 Å². The highest BCUT2D eigenvalue weighted by Gasteiger charge is 2.32. The summed E-state index contributed by atoms with van der Waals surface area (Å²) in [6.07, 6.45) is 0.367. The van der Waals surface area contributed by atoms with Gasteiger partial charge in [0.2, 0.25) is 0 Å². The maximum atomic E-state index is 12.2. The van der Waals surface area contributed by atoms with Crippen molar-refractivity contribution < 1.29 is 91.9 Å². The molecule has 0 saturated carbocycles. The summed E-state index contributed by atoms with van der Waals surface area (Å²) >= 11 is 0. The maximum absolute atomic E-state index is 12.2. The summed E-state index contributed by atoms with van der Waals surface area (Å²) in [6, 6.07) is 0. The molecule has 0 fully saturated rings. The van der Waals surface area contributed by atoms with Crippen LogP contribution in [0.1, 0.15) is 83.5 Å². The fourth-order valence-electron chi connectivity index (χ4n) is 4.14. The lowest BCUT2D eigenvalue weighted by Crippen LogP contribution is -2.40. The van der Waals surface area contributed by atoms with Gasteiger partial charge in [-0.15, -0.1) is 0 Å². The second-order valence-electron chi connectivity index (χ2n) is 11.4. The van der Waals surface area contributed by atoms with Crippen LogP contribution >= 0.6 is 0 Å². The first-order chi connectivity index (χ1) is 25.2. The van der Waals surface area contributed by atoms with E-state index in [1.165, 1.54) is 0 Å². The van der Waals surface area contributed by atoms with Crippen LogP contribution in [-0.2, 0) is 71.5 Å². The van der Waals surface area contributed by atoms with Crippen LogP contribution in [0, 0.1) is 5.41 Å². The van der Waals surface area contributed by atoms with Gasteiger partial charge in [-0.25, -0.2) is 0 Å². The van der Waals surface area contributed by atoms with E-state index in [2.05, 4.69) is 6.58 Å². The first-order valence-electron chi connectivity index (χ1n) is 16.9. The molecule has 0 bridgehead atoms. The molecule has 0 unspecified atom stereocenters. The van der Waals surface area contributed by atoms with Gasteiger partial charge in [-0.2, -0.15) is 0 Å². The third kappa shape index (κ3) is 34.2. The largest absolute Gasteiger partial charge is 0.496 e. The van der Waals surface area contributed by atoms with E-state index in [0.29, 0.717) is 18.6 Å². The van der Waals surface area contributed by atoms with Gasteiger partial charge in [-0.1, -0.05) is 6.58 Å². The van der Waals surface area contributed by atoms with Crippen LogP contribution in [0.3, 0.4) is 0 Å². The van der Waals surface area contributed by atoms with Crippen LogP contribution in [0.5, 0.6) is 0 Å². The molecular formula is C34H54O19. The summed E-state index contributed by atoms with van der Waals surface area (Å²) in [5.41, 5.74) is -0.975. The van der Waals surface area contributed by atoms with E-state index in [4.69, 9.17) is 58.4 Å². The van der Waals surface area contributed by atoms with Gasteiger partial charge in [0.15, 0.2) is 0 Å². The Kier molecular flexibility index (Phi) is 31.7. The number of hydrogen-bond donors (Lipinski definition) is 4. The Morgan fingerprint density at radius 2 is 0.717 bits per heavy atom. The van der Waals surface area contributed by atoms with Crippen molar-refractivity contribution in [1.29, 1.82) is 0 Å². The highest BCUT2D eigenvalue weighted by atomic mass is 16.6. The van der Waals surface area contributed by atoms with Gasteiger partial charge in [-0.3, -0.25) is 33.6 Å². The van der Waals surface area contributed by atoms with E-state index >= 15 is 0 Å². The lowest BCUT2D eigenvalue weighted by atomic mass is 9.87. The third-order valence-corrected chi connectivity index (χ3v) is 6.80. The van der Waals surface area contributed by atoms with Crippen LogP contribution in [0.4, 0.5) is 0 Å². The zero-order chi connectivity index (χ0) is 40.3. The molecule has 19 nitrogen and oxygen atoms in total. The second kappa shape index (κ2) is 33.2. The normalized spacial score (nSPS) is 10.6. The van der Waals surface area contributed by atoms with Gasteiger partial charge in [0, 0.05) is 56.8 Å². The quantitative estimate of drug-likeness (QED) is 0.0312. The standard InChI is InChI=1S/C33H52O18.CH2O/c1-25(6-2-7-26(34)35)48-19-16-45-22-33(14-15-49-30(42)11-3-8-27(36)37,23-46-17-20-50-31(43)12-4-9-28(38)39)24-47-18-21-51-32(44)13-5-10-29(40)41;1-2/h1-24H2,(H,34,35)(H,36,37)(H,38,39)(H,40,41);1H2. The minimum Gasteiger partial charge on any atom is -0.496 e. The molecule has 0 aromatic heterocycles. The predicted molar refractivity (Wildman–Crippen MR) is 181 cm³/mol. The Bertz CT molecular complexity index is 1000. The van der Waals surface area contributed by atoms with Gasteiger partial charge < -0.3 is 58.4 Å². The van der Waals surface area contributed by atoms with Crippen molar-refractivity contribution in [3.05, 3.63) is 12.3 Å². The molecule has 0 saturated heterocycles. The van der Waals surface area contributed by atoms with Crippen LogP contribution in [0.25, 0.3) is 0 Å². The maximum Gasteiger partial charge on any atom is 0.305 e. The topological polar surface area (TPSA) is 282 Å². The van der Waals surface area contributed by atoms with E-state index < -0.39 is 47.2 Å². The Balaban J connectivity index is 0. The van der Waals surface area contributed by atoms with Gasteiger partial charge in [0.25, 0.3) is 0 Å². The minimum atomic E-state index is -1.04. The summed E-state index contributed by atoms with van der Waals surface area (Å²) in [4.78, 5) is 86.7. The Hall–Kier alpha value is -4.62. The molecule has 304 valence electrons. The monoisotopic (exact) mass is 766 g/mol. The first-order valence-corrected chi connectivity index (χ1v) is 16.9. The van der Waals surface area contributed by atoms with E-state index in [-0.39, 0.29) is 137 Å². The number of hydrogen-bond acceptors (Lipinski definition) is 15. The van der Waals surface area contributed by atoms with Crippen molar-refractivity contribution in [3.63, 3.8) is 0 Å². The van der Waals surface area contributed by atoms with Gasteiger partial charge in [0.1, 0.15) is 26.6 Å². The number of carbonyl (C=O) groups is 8. The SMILES string of the molecule is C=C(CCCC(=O)O)OCCOCC(CCOC(=O)CCCC(=O)O)(COCCOC(=O)CCCC(=O)O)COCCOC(=O)CCCC(=O)O.C=O. The van der Waals surface area contributed by atoms with Crippen LogP contribution in [0.2, 0.25) is 0 Å². The number of carboxylic acid groups (broad SMARTS) is 4. The lowest BCUT2D eigenvalue weighted by molar-refractivity contribution is -0.149. The molecule has 0 rings (SSSR count). The number of carboxylic acids is 4. The van der Waals surface area contributed by atoms with Crippen molar-refractivity contribution >= 4 is 48.6 Å². The Morgan fingerprint density at radius 1 is 0.415 bits per heavy atom. The number of aliphatic carboxylic acids is 4.